The minimum Gasteiger partial charge on any atom is -0.507 e. The van der Waals surface area contributed by atoms with E-state index in [0.29, 0.717) is 28.0 Å². The molecule has 2 aliphatic carbocycles. The van der Waals surface area contributed by atoms with Gasteiger partial charge in [0.15, 0.2) is 11.6 Å². The number of nitrogens with zero attached hydrogens (tertiary/aromatic N) is 3. The first-order valence-corrected chi connectivity index (χ1v) is 13.9. The number of aromatic hydroxyl groups is 1. The second-order valence-electron chi connectivity index (χ2n) is 10.3. The summed E-state index contributed by atoms with van der Waals surface area (Å²) >= 11 is 26.9. The Hall–Kier alpha value is -3.04. The second kappa shape index (κ2) is 8.98. The highest BCUT2D eigenvalue weighted by Crippen LogP contribution is 2.63. The number of carbonyl (C=O) groups is 2. The molecule has 6 rings (SSSR count). The van der Waals surface area contributed by atoms with Crippen molar-refractivity contribution in [2.24, 2.45) is 0 Å². The van der Waals surface area contributed by atoms with Gasteiger partial charge in [-0.05, 0) is 48.2 Å². The first-order chi connectivity index (χ1) is 18.8. The van der Waals surface area contributed by atoms with E-state index in [2.05, 4.69) is 0 Å². The first-order valence-electron chi connectivity index (χ1n) is 12.4. The largest absolute Gasteiger partial charge is 0.507 e. The number of hydrogen-bond donors (Lipinski definition) is 1. The summed E-state index contributed by atoms with van der Waals surface area (Å²) in [5.74, 6) is -2.66. The minimum atomic E-state index is -2.13. The maximum Gasteiger partial charge on any atom is 0.352 e. The normalized spacial score (nSPS) is 27.7. The lowest BCUT2D eigenvalue weighted by Crippen LogP contribution is -2.67. The number of hydrogen-bond acceptors (Lipinski definition) is 5. The molecule has 4 atom stereocenters. The summed E-state index contributed by atoms with van der Waals surface area (Å²) in [6.45, 7) is 3.38. The molecule has 3 aliphatic rings. The van der Waals surface area contributed by atoms with Crippen molar-refractivity contribution in [3.05, 3.63) is 102 Å². The molecular formula is C28H21Cl4N3O5. The molecule has 0 radical (unpaired) electrons. The Labute approximate surface area is 247 Å². The Morgan fingerprint density at radius 3 is 2.12 bits per heavy atom. The highest BCUT2D eigenvalue weighted by molar-refractivity contribution is 6.66. The standard InChI is InChI=1S/C28H21Cl4N3O5/c1-13-10-15(11-14(2)22(13)36)19-17-8-9-33-25(39)34(16-6-4-3-5-7-16)26(40)35(33)18(17)12-27(31)23(37)20(29)21(30)24(38)28(19,27)32/h3-8,10-11,18-19,36H,9,12H2,1-2H3. The van der Waals surface area contributed by atoms with Gasteiger partial charge in [0.1, 0.15) is 25.6 Å². The van der Waals surface area contributed by atoms with Crippen LogP contribution in [0, 0.1) is 13.8 Å². The van der Waals surface area contributed by atoms with Crippen molar-refractivity contribution in [1.29, 1.82) is 0 Å². The van der Waals surface area contributed by atoms with E-state index in [9.17, 15) is 24.3 Å². The van der Waals surface area contributed by atoms with Crippen LogP contribution in [-0.4, -0.2) is 40.4 Å². The molecular weight excluding hydrogens is 600 g/mol. The molecule has 8 nitrogen and oxygen atoms in total. The fourth-order valence-corrected chi connectivity index (χ4v) is 7.82. The number of phenolic OH excluding ortho intramolecular Hbond substituents is 1. The van der Waals surface area contributed by atoms with Gasteiger partial charge in [0.05, 0.1) is 18.3 Å². The number of fused-ring (bicyclic) bond motifs is 4. The first kappa shape index (κ1) is 27.1. The van der Waals surface area contributed by atoms with Gasteiger partial charge in [-0.15, -0.1) is 23.2 Å². The van der Waals surface area contributed by atoms with Crippen LogP contribution in [0.15, 0.2) is 73.8 Å². The number of Topliss-reactive ketones (excluding diaryl/α,β-unsaturated/α-hetero) is 2. The van der Waals surface area contributed by atoms with Crippen LogP contribution in [0.5, 0.6) is 5.75 Å². The number of ketones is 2. The molecule has 4 unspecified atom stereocenters. The number of aryl methyl sites for hydroxylation is 2. The zero-order chi connectivity index (χ0) is 28.9. The summed E-state index contributed by atoms with van der Waals surface area (Å²) in [4.78, 5) is 50.6. The van der Waals surface area contributed by atoms with Crippen molar-refractivity contribution in [3.8, 4) is 11.4 Å². The predicted molar refractivity (Wildman–Crippen MR) is 152 cm³/mol. The number of para-hydroxylation sites is 1. The molecule has 1 aliphatic heterocycles. The van der Waals surface area contributed by atoms with Crippen LogP contribution < -0.4 is 11.4 Å². The van der Waals surface area contributed by atoms with Crippen LogP contribution in [0.4, 0.5) is 0 Å². The quantitative estimate of drug-likeness (QED) is 0.333. The summed E-state index contributed by atoms with van der Waals surface area (Å²) in [7, 11) is 0. The summed E-state index contributed by atoms with van der Waals surface area (Å²) in [5.41, 5.74) is 1.18. The summed E-state index contributed by atoms with van der Waals surface area (Å²) in [6.07, 6.45) is 1.43. The molecule has 1 aromatic heterocycles. The van der Waals surface area contributed by atoms with E-state index in [4.69, 9.17) is 46.4 Å². The SMILES string of the molecule is Cc1cc(C2C3=CCn4c(=O)n(-c5ccccc5)c(=O)n4C3CC3(Cl)C(=O)C(Cl)=C(Cl)C(=O)C23Cl)cc(C)c1O. The second-order valence-corrected chi connectivity index (χ2v) is 12.3. The van der Waals surface area contributed by atoms with E-state index in [1.807, 2.05) is 0 Å². The number of aromatic nitrogens is 3. The van der Waals surface area contributed by atoms with Crippen LogP contribution in [0.2, 0.25) is 0 Å². The highest BCUT2D eigenvalue weighted by Gasteiger charge is 2.71. The predicted octanol–water partition coefficient (Wildman–Crippen LogP) is 4.59. The molecule has 1 saturated carbocycles. The third kappa shape index (κ3) is 3.33. The topological polar surface area (TPSA) is 103 Å². The van der Waals surface area contributed by atoms with E-state index >= 15 is 0 Å². The number of rotatable bonds is 2. The maximum absolute atomic E-state index is 13.9. The van der Waals surface area contributed by atoms with Gasteiger partial charge in [-0.1, -0.05) is 59.6 Å². The summed E-state index contributed by atoms with van der Waals surface area (Å²) in [6, 6.07) is 10.8. The van der Waals surface area contributed by atoms with Gasteiger partial charge >= 0.3 is 11.4 Å². The monoisotopic (exact) mass is 619 g/mol. The molecule has 0 saturated heterocycles. The molecule has 2 heterocycles. The minimum absolute atomic E-state index is 0.000999. The molecule has 1 fully saturated rings. The van der Waals surface area contributed by atoms with Crippen LogP contribution in [0.3, 0.4) is 0 Å². The van der Waals surface area contributed by atoms with Gasteiger partial charge in [0.25, 0.3) is 0 Å². The Kier molecular flexibility index (Phi) is 6.09. The van der Waals surface area contributed by atoms with Gasteiger partial charge in [-0.2, -0.15) is 0 Å². The van der Waals surface area contributed by atoms with Gasteiger partial charge in [-0.3, -0.25) is 9.59 Å². The van der Waals surface area contributed by atoms with Crippen molar-refractivity contribution in [2.45, 2.75) is 48.5 Å². The molecule has 206 valence electrons. The van der Waals surface area contributed by atoms with E-state index in [1.54, 1.807) is 62.4 Å². The van der Waals surface area contributed by atoms with E-state index in [1.165, 1.54) is 9.36 Å². The van der Waals surface area contributed by atoms with Crippen LogP contribution in [0.1, 0.15) is 35.1 Å². The number of allylic oxidation sites excluding steroid dienone is 4. The van der Waals surface area contributed by atoms with Crippen molar-refractivity contribution in [1.82, 2.24) is 13.9 Å². The third-order valence-electron chi connectivity index (χ3n) is 8.16. The van der Waals surface area contributed by atoms with Gasteiger partial charge in [-0.25, -0.2) is 23.5 Å². The number of benzene rings is 2. The molecule has 0 bridgehead atoms. The van der Waals surface area contributed by atoms with Crippen molar-refractivity contribution in [2.75, 3.05) is 0 Å². The molecule has 0 amide bonds. The third-order valence-corrected chi connectivity index (χ3v) is 10.4. The zero-order valence-corrected chi connectivity index (χ0v) is 24.1. The van der Waals surface area contributed by atoms with Crippen molar-refractivity contribution < 1.29 is 14.7 Å². The fraction of sp³-hybridized carbons (Fsp3) is 0.286. The van der Waals surface area contributed by atoms with E-state index in [0.717, 1.165) is 4.57 Å². The lowest BCUT2D eigenvalue weighted by molar-refractivity contribution is -0.128. The van der Waals surface area contributed by atoms with Gasteiger partial charge < -0.3 is 5.11 Å². The Balaban J connectivity index is 1.66. The molecule has 2 aromatic carbocycles. The van der Waals surface area contributed by atoms with Crippen LogP contribution in [-0.2, 0) is 16.1 Å². The van der Waals surface area contributed by atoms with E-state index < -0.39 is 54.7 Å². The number of carbonyl (C=O) groups excluding carboxylic acids is 2. The smallest absolute Gasteiger partial charge is 0.352 e. The molecule has 3 aromatic rings. The lowest BCUT2D eigenvalue weighted by atomic mass is 9.59. The van der Waals surface area contributed by atoms with Gasteiger partial charge in [0.2, 0.25) is 0 Å². The lowest BCUT2D eigenvalue weighted by Gasteiger charge is -2.54. The average Bonchev–Trinajstić information content (AvgIpc) is 3.19. The number of alkyl halides is 2. The molecule has 1 N–H and O–H groups in total. The Morgan fingerprint density at radius 2 is 1.50 bits per heavy atom. The molecule has 40 heavy (non-hydrogen) atoms. The average molecular weight is 621 g/mol. The highest BCUT2D eigenvalue weighted by atomic mass is 35.5. The Bertz CT molecular complexity index is 1810. The van der Waals surface area contributed by atoms with Crippen molar-refractivity contribution >= 4 is 58.0 Å². The zero-order valence-electron chi connectivity index (χ0n) is 21.1. The summed E-state index contributed by atoms with van der Waals surface area (Å²) < 4.78 is 3.58. The maximum atomic E-state index is 13.9. The fourth-order valence-electron chi connectivity index (χ4n) is 6.30. The van der Waals surface area contributed by atoms with Gasteiger partial charge in [0, 0.05) is 12.3 Å². The Morgan fingerprint density at radius 1 is 0.900 bits per heavy atom. The number of phenols is 1. The molecule has 12 heteroatoms. The molecule has 0 spiro atoms. The number of halogens is 4. The van der Waals surface area contributed by atoms with Crippen molar-refractivity contribution in [3.63, 3.8) is 0 Å². The summed E-state index contributed by atoms with van der Waals surface area (Å²) in [5, 5.41) is 9.40. The van der Waals surface area contributed by atoms with Crippen LogP contribution >= 0.6 is 46.4 Å². The van der Waals surface area contributed by atoms with E-state index in [-0.39, 0.29) is 18.7 Å². The van der Waals surface area contributed by atoms with Crippen LogP contribution in [0.25, 0.3) is 5.69 Å².